The molecule has 0 spiro atoms. The van der Waals surface area contributed by atoms with Crippen molar-refractivity contribution >= 4 is 22.2 Å². The molecule has 1 aliphatic rings. The fourth-order valence-electron chi connectivity index (χ4n) is 5.07. The smallest absolute Gasteiger partial charge is 0.331 e. The van der Waals surface area contributed by atoms with E-state index in [4.69, 9.17) is 9.72 Å². The van der Waals surface area contributed by atoms with Crippen LogP contribution in [-0.4, -0.2) is 35.7 Å². The molecule has 0 amide bonds. The zero-order chi connectivity index (χ0) is 24.9. The molecule has 3 aromatic heterocycles. The summed E-state index contributed by atoms with van der Waals surface area (Å²) in [6.45, 7) is 0.646. The summed E-state index contributed by atoms with van der Waals surface area (Å²) in [5.41, 5.74) is 4.09. The number of hydrogen-bond donors (Lipinski definition) is 1. The molecule has 0 unspecified atom stereocenters. The van der Waals surface area contributed by atoms with E-state index in [0.717, 1.165) is 16.6 Å². The number of nitrogens with one attached hydrogen (secondary N) is 1. The molecular formula is C28H21FN6O2. The number of fused-ring (bicyclic) bond motifs is 3. The number of rotatable bonds is 4. The number of aromatic amines is 1. The number of halogens is 1. The van der Waals surface area contributed by atoms with Gasteiger partial charge in [-0.3, -0.25) is 9.13 Å². The first-order chi connectivity index (χ1) is 18.2. The minimum atomic E-state index is -0.444. The Kier molecular flexibility index (Phi) is 4.88. The third-order valence-electron chi connectivity index (χ3n) is 6.80. The highest BCUT2D eigenvalue weighted by atomic mass is 19.1. The number of para-hydroxylation sites is 3. The summed E-state index contributed by atoms with van der Waals surface area (Å²) in [6.07, 6.45) is 2.17. The molecule has 0 saturated heterocycles. The highest BCUT2D eigenvalue weighted by Gasteiger charge is 2.30. The van der Waals surface area contributed by atoms with E-state index in [9.17, 15) is 9.18 Å². The van der Waals surface area contributed by atoms with Crippen molar-refractivity contribution in [2.45, 2.75) is 19.0 Å². The van der Waals surface area contributed by atoms with Crippen LogP contribution in [-0.2, 0) is 6.54 Å². The van der Waals surface area contributed by atoms with E-state index in [0.29, 0.717) is 41.3 Å². The van der Waals surface area contributed by atoms with Crippen molar-refractivity contribution in [3.05, 3.63) is 106 Å². The summed E-state index contributed by atoms with van der Waals surface area (Å²) < 4.78 is 23.6. The van der Waals surface area contributed by atoms with Crippen LogP contribution in [0.4, 0.5) is 4.39 Å². The predicted octanol–water partition coefficient (Wildman–Crippen LogP) is 4.70. The second-order valence-electron chi connectivity index (χ2n) is 9.04. The first-order valence-corrected chi connectivity index (χ1v) is 12.1. The Bertz CT molecular complexity index is 1810. The Hall–Kier alpha value is -4.79. The number of aromatic nitrogens is 6. The number of nitrogens with zero attached hydrogens (tertiary/aromatic N) is 5. The van der Waals surface area contributed by atoms with Crippen LogP contribution in [0.1, 0.15) is 23.6 Å². The molecule has 37 heavy (non-hydrogen) atoms. The maximum Gasteiger partial charge on any atom is 0.331 e. The molecule has 4 heterocycles. The van der Waals surface area contributed by atoms with Crippen molar-refractivity contribution in [1.29, 1.82) is 0 Å². The summed E-state index contributed by atoms with van der Waals surface area (Å²) in [6, 6.07) is 21.8. The molecule has 1 N–H and O–H groups in total. The molecule has 0 aliphatic carbocycles. The second kappa shape index (κ2) is 8.41. The topological polar surface area (TPSA) is 90.6 Å². The largest absolute Gasteiger partial charge is 0.490 e. The maximum atomic E-state index is 14.6. The van der Waals surface area contributed by atoms with Crippen molar-refractivity contribution in [3.8, 4) is 17.4 Å². The van der Waals surface area contributed by atoms with Gasteiger partial charge in [0.1, 0.15) is 5.52 Å². The van der Waals surface area contributed by atoms with Gasteiger partial charge in [-0.25, -0.2) is 24.1 Å². The number of benzene rings is 3. The zero-order valence-corrected chi connectivity index (χ0v) is 19.6. The molecule has 1 aliphatic heterocycles. The van der Waals surface area contributed by atoms with E-state index in [-0.39, 0.29) is 18.0 Å². The van der Waals surface area contributed by atoms with Crippen molar-refractivity contribution in [2.24, 2.45) is 0 Å². The van der Waals surface area contributed by atoms with Gasteiger partial charge in [-0.2, -0.15) is 0 Å². The Balaban J connectivity index is 1.46. The third-order valence-corrected chi connectivity index (χ3v) is 6.80. The third kappa shape index (κ3) is 3.50. The molecule has 8 nitrogen and oxygen atoms in total. The van der Waals surface area contributed by atoms with E-state index in [1.807, 2.05) is 54.6 Å². The van der Waals surface area contributed by atoms with Crippen molar-refractivity contribution in [1.82, 2.24) is 29.1 Å². The Morgan fingerprint density at radius 3 is 2.70 bits per heavy atom. The van der Waals surface area contributed by atoms with Crippen LogP contribution >= 0.6 is 0 Å². The number of H-pyrrole nitrogens is 1. The summed E-state index contributed by atoms with van der Waals surface area (Å²) in [5, 5.41) is 0. The molecule has 3 aromatic carbocycles. The average Bonchev–Trinajstić information content (AvgIpc) is 3.48. The lowest BCUT2D eigenvalue weighted by Crippen LogP contribution is -2.31. The predicted molar refractivity (Wildman–Crippen MR) is 137 cm³/mol. The van der Waals surface area contributed by atoms with Crippen LogP contribution in [0.2, 0.25) is 0 Å². The minimum absolute atomic E-state index is 0.182. The Labute approximate surface area is 210 Å². The van der Waals surface area contributed by atoms with Crippen LogP contribution in [0.3, 0.4) is 0 Å². The first-order valence-electron chi connectivity index (χ1n) is 12.1. The van der Waals surface area contributed by atoms with Crippen LogP contribution in [0, 0.1) is 5.82 Å². The second-order valence-corrected chi connectivity index (χ2v) is 9.04. The molecule has 0 radical (unpaired) electrons. The summed E-state index contributed by atoms with van der Waals surface area (Å²) in [4.78, 5) is 31.3. The maximum absolute atomic E-state index is 14.6. The first kappa shape index (κ1) is 21.5. The van der Waals surface area contributed by atoms with Crippen LogP contribution < -0.4 is 10.4 Å². The molecule has 1 atom stereocenters. The lowest BCUT2D eigenvalue weighted by atomic mass is 10.00. The Morgan fingerprint density at radius 2 is 1.84 bits per heavy atom. The van der Waals surface area contributed by atoms with E-state index in [1.165, 1.54) is 6.07 Å². The lowest BCUT2D eigenvalue weighted by Gasteiger charge is -2.26. The fraction of sp³-hybridized carbons (Fsp3) is 0.143. The number of hydrogen-bond acceptors (Lipinski definition) is 5. The fourth-order valence-corrected chi connectivity index (χ4v) is 5.07. The molecule has 6 aromatic rings. The van der Waals surface area contributed by atoms with Gasteiger partial charge in [0.15, 0.2) is 28.9 Å². The van der Waals surface area contributed by atoms with Crippen molar-refractivity contribution < 1.29 is 9.13 Å². The summed E-state index contributed by atoms with van der Waals surface area (Å²) >= 11 is 0. The SMILES string of the molecule is O=c1n(Cc2ccccc2)c2cnc(-c3nc4ccccc4[nH]3)nc2n1[C@H]1CCOc2c(F)cccc21. The van der Waals surface area contributed by atoms with Gasteiger partial charge >= 0.3 is 5.69 Å². The molecular weight excluding hydrogens is 471 g/mol. The molecule has 0 bridgehead atoms. The van der Waals surface area contributed by atoms with Gasteiger partial charge in [0.2, 0.25) is 0 Å². The van der Waals surface area contributed by atoms with E-state index < -0.39 is 11.9 Å². The number of imidazole rings is 2. The number of ether oxygens (including phenoxy) is 1. The zero-order valence-electron chi connectivity index (χ0n) is 19.6. The van der Waals surface area contributed by atoms with Gasteiger partial charge in [0.05, 0.1) is 36.4 Å². The molecule has 0 saturated carbocycles. The van der Waals surface area contributed by atoms with Gasteiger partial charge < -0.3 is 9.72 Å². The highest BCUT2D eigenvalue weighted by Crippen LogP contribution is 2.37. The average molecular weight is 493 g/mol. The standard InChI is InChI=1S/C28H21FN6O2/c29-19-10-6-9-18-22(13-14-37-24(18)19)35-27-23(34(28(35)36)16-17-7-2-1-3-8-17)15-30-25(33-27)26-31-20-11-4-5-12-21(20)32-26/h1-12,15,22H,13-14,16H2,(H,31,32)/t22-/m0/s1. The molecule has 7 rings (SSSR count). The Morgan fingerprint density at radius 1 is 1.00 bits per heavy atom. The van der Waals surface area contributed by atoms with E-state index in [1.54, 1.807) is 27.5 Å². The van der Waals surface area contributed by atoms with Gasteiger partial charge in [-0.1, -0.05) is 54.6 Å². The normalized spacial score (nSPS) is 15.1. The van der Waals surface area contributed by atoms with Gasteiger partial charge in [-0.15, -0.1) is 0 Å². The van der Waals surface area contributed by atoms with Crippen LogP contribution in [0.25, 0.3) is 33.8 Å². The van der Waals surface area contributed by atoms with Gasteiger partial charge in [0, 0.05) is 12.0 Å². The van der Waals surface area contributed by atoms with Crippen molar-refractivity contribution in [3.63, 3.8) is 0 Å². The van der Waals surface area contributed by atoms with Crippen LogP contribution in [0.5, 0.6) is 5.75 Å². The van der Waals surface area contributed by atoms with E-state index >= 15 is 0 Å². The minimum Gasteiger partial charge on any atom is -0.490 e. The lowest BCUT2D eigenvalue weighted by molar-refractivity contribution is 0.243. The van der Waals surface area contributed by atoms with Crippen molar-refractivity contribution in [2.75, 3.05) is 6.61 Å². The molecule has 0 fully saturated rings. The molecule has 9 heteroatoms. The van der Waals surface area contributed by atoms with Gasteiger partial charge in [-0.05, 0) is 23.8 Å². The summed E-state index contributed by atoms with van der Waals surface area (Å²) in [7, 11) is 0. The highest BCUT2D eigenvalue weighted by molar-refractivity contribution is 5.79. The van der Waals surface area contributed by atoms with E-state index in [2.05, 4.69) is 15.0 Å². The summed E-state index contributed by atoms with van der Waals surface area (Å²) in [5.74, 6) is 0.624. The van der Waals surface area contributed by atoms with Crippen LogP contribution in [0.15, 0.2) is 83.8 Å². The van der Waals surface area contributed by atoms with Gasteiger partial charge in [0.25, 0.3) is 0 Å². The quantitative estimate of drug-likeness (QED) is 0.385. The monoisotopic (exact) mass is 492 g/mol. The molecule has 182 valence electrons.